The summed E-state index contributed by atoms with van der Waals surface area (Å²) in [6.07, 6.45) is 1.85. The summed E-state index contributed by atoms with van der Waals surface area (Å²) in [5.41, 5.74) is 2.37. The third-order valence-corrected chi connectivity index (χ3v) is 4.34. The van der Waals surface area contributed by atoms with Crippen LogP contribution in [0.3, 0.4) is 0 Å². The average molecular weight is 333 g/mol. The molecule has 24 heavy (non-hydrogen) atoms. The van der Waals surface area contributed by atoms with Crippen LogP contribution >= 0.6 is 0 Å². The molecule has 132 valence electrons. The summed E-state index contributed by atoms with van der Waals surface area (Å²) in [5, 5.41) is 14.0. The Morgan fingerprint density at radius 1 is 1.33 bits per heavy atom. The molecular formula is C17H27N5O2. The van der Waals surface area contributed by atoms with E-state index in [2.05, 4.69) is 31.5 Å². The molecule has 7 nitrogen and oxygen atoms in total. The maximum atomic E-state index is 10.6. The second-order valence-corrected chi connectivity index (χ2v) is 6.91. The number of aryl methyl sites for hydroxylation is 2. The van der Waals surface area contributed by atoms with Crippen molar-refractivity contribution in [3.8, 4) is 0 Å². The minimum atomic E-state index is -0.776. The highest BCUT2D eigenvalue weighted by molar-refractivity contribution is 5.35. The second-order valence-electron chi connectivity index (χ2n) is 6.91. The Morgan fingerprint density at radius 3 is 2.83 bits per heavy atom. The van der Waals surface area contributed by atoms with E-state index in [-0.39, 0.29) is 0 Å². The number of imidazole rings is 1. The van der Waals surface area contributed by atoms with Crippen molar-refractivity contribution in [2.75, 3.05) is 39.4 Å². The molecule has 1 aliphatic heterocycles. The van der Waals surface area contributed by atoms with Crippen LogP contribution in [0.4, 0.5) is 0 Å². The van der Waals surface area contributed by atoms with Gasteiger partial charge in [-0.15, -0.1) is 0 Å². The van der Waals surface area contributed by atoms with Crippen molar-refractivity contribution >= 4 is 5.78 Å². The largest absolute Gasteiger partial charge is 0.388 e. The number of nitrogens with one attached hydrogen (secondary N) is 1. The van der Waals surface area contributed by atoms with E-state index in [9.17, 15) is 5.11 Å². The first-order chi connectivity index (χ1) is 11.4. The van der Waals surface area contributed by atoms with Gasteiger partial charge in [0.25, 0.3) is 0 Å². The van der Waals surface area contributed by atoms with Crippen molar-refractivity contribution in [3.63, 3.8) is 0 Å². The van der Waals surface area contributed by atoms with Gasteiger partial charge in [0.05, 0.1) is 30.7 Å². The van der Waals surface area contributed by atoms with Gasteiger partial charge in [0.1, 0.15) is 0 Å². The van der Waals surface area contributed by atoms with Gasteiger partial charge in [-0.3, -0.25) is 9.30 Å². The molecule has 3 rings (SSSR count). The van der Waals surface area contributed by atoms with Crippen molar-refractivity contribution in [2.45, 2.75) is 32.9 Å². The highest BCUT2D eigenvalue weighted by atomic mass is 16.5. The number of morpholine rings is 1. The maximum absolute atomic E-state index is 10.6. The van der Waals surface area contributed by atoms with Crippen LogP contribution < -0.4 is 5.32 Å². The number of hydrogen-bond acceptors (Lipinski definition) is 6. The van der Waals surface area contributed by atoms with Crippen LogP contribution in [0.15, 0.2) is 12.3 Å². The number of aromatic nitrogens is 3. The number of ether oxygens (including phenoxy) is 1. The van der Waals surface area contributed by atoms with Crippen LogP contribution in [0.5, 0.6) is 0 Å². The fourth-order valence-electron chi connectivity index (χ4n) is 3.28. The van der Waals surface area contributed by atoms with Crippen molar-refractivity contribution in [1.29, 1.82) is 0 Å². The molecular weight excluding hydrogens is 306 g/mol. The van der Waals surface area contributed by atoms with E-state index in [1.165, 1.54) is 0 Å². The molecule has 0 aromatic carbocycles. The molecule has 1 atom stereocenters. The molecule has 2 N–H and O–H groups in total. The topological polar surface area (TPSA) is 74.9 Å². The van der Waals surface area contributed by atoms with Crippen LogP contribution in [-0.2, 0) is 11.3 Å². The Balaban J connectivity index is 1.57. The first kappa shape index (κ1) is 17.3. The predicted octanol–water partition coefficient (Wildman–Crippen LogP) is 0.519. The number of hydrogen-bond donors (Lipinski definition) is 2. The van der Waals surface area contributed by atoms with Gasteiger partial charge >= 0.3 is 0 Å². The van der Waals surface area contributed by atoms with Gasteiger partial charge in [-0.2, -0.15) is 0 Å². The van der Waals surface area contributed by atoms with Gasteiger partial charge in [-0.25, -0.2) is 9.97 Å². The minimum Gasteiger partial charge on any atom is -0.388 e. The summed E-state index contributed by atoms with van der Waals surface area (Å²) >= 11 is 0. The van der Waals surface area contributed by atoms with Crippen molar-refractivity contribution in [3.05, 3.63) is 29.3 Å². The van der Waals surface area contributed by atoms with Crippen molar-refractivity contribution in [2.24, 2.45) is 0 Å². The van der Waals surface area contributed by atoms with Gasteiger partial charge in [0, 0.05) is 44.1 Å². The zero-order valence-electron chi connectivity index (χ0n) is 14.7. The van der Waals surface area contributed by atoms with Crippen molar-refractivity contribution in [1.82, 2.24) is 24.6 Å². The number of fused-ring (bicyclic) bond motifs is 1. The molecule has 1 unspecified atom stereocenters. The third-order valence-electron chi connectivity index (χ3n) is 4.34. The van der Waals surface area contributed by atoms with E-state index < -0.39 is 5.60 Å². The van der Waals surface area contributed by atoms with Gasteiger partial charge in [-0.1, -0.05) is 0 Å². The molecule has 0 aliphatic carbocycles. The van der Waals surface area contributed by atoms with Crippen LogP contribution in [0.2, 0.25) is 0 Å². The zero-order chi connectivity index (χ0) is 17.2. The predicted molar refractivity (Wildman–Crippen MR) is 92.1 cm³/mol. The average Bonchev–Trinajstić information content (AvgIpc) is 2.90. The highest BCUT2D eigenvalue weighted by Crippen LogP contribution is 2.11. The number of aliphatic hydroxyl groups is 1. The van der Waals surface area contributed by atoms with Crippen LogP contribution in [0.1, 0.15) is 24.0 Å². The molecule has 0 spiro atoms. The fraction of sp³-hybridized carbons (Fsp3) is 0.647. The molecule has 0 bridgehead atoms. The minimum absolute atomic E-state index is 0.524. The Morgan fingerprint density at radius 2 is 2.08 bits per heavy atom. The molecule has 0 radical (unpaired) electrons. The SMILES string of the molecule is Cc1cc(C)n2c(CNCC(C)(O)CN3CCOCC3)cnc2n1. The maximum Gasteiger partial charge on any atom is 0.234 e. The van der Waals surface area contributed by atoms with Crippen LogP contribution in [0, 0.1) is 13.8 Å². The van der Waals surface area contributed by atoms with Gasteiger partial charge in [0.15, 0.2) is 0 Å². The van der Waals surface area contributed by atoms with Crippen molar-refractivity contribution < 1.29 is 9.84 Å². The van der Waals surface area contributed by atoms with Gasteiger partial charge in [-0.05, 0) is 26.8 Å². The van der Waals surface area contributed by atoms with Crippen LogP contribution in [-0.4, -0.2) is 69.4 Å². The third kappa shape index (κ3) is 4.10. The molecule has 7 heteroatoms. The lowest BCUT2D eigenvalue weighted by atomic mass is 10.1. The Hall–Kier alpha value is -1.54. The highest BCUT2D eigenvalue weighted by Gasteiger charge is 2.25. The Kier molecular flexibility index (Phi) is 5.15. The lowest BCUT2D eigenvalue weighted by Crippen LogP contribution is -2.50. The Labute approximate surface area is 142 Å². The van der Waals surface area contributed by atoms with Gasteiger partial charge in [0.2, 0.25) is 5.78 Å². The van der Waals surface area contributed by atoms with Crippen LogP contribution in [0.25, 0.3) is 5.78 Å². The molecule has 2 aromatic heterocycles. The number of nitrogens with zero attached hydrogens (tertiary/aromatic N) is 4. The summed E-state index contributed by atoms with van der Waals surface area (Å²) in [5.74, 6) is 0.726. The van der Waals surface area contributed by atoms with E-state index in [4.69, 9.17) is 4.74 Å². The number of β-amino-alcohol motifs (C(OH)–C–C–N with tert-alkyl or cyclic N) is 1. The molecule has 3 heterocycles. The summed E-state index contributed by atoms with van der Waals surface area (Å²) in [6.45, 7) is 11.0. The van der Waals surface area contributed by atoms with E-state index in [0.29, 0.717) is 19.6 Å². The van der Waals surface area contributed by atoms with Gasteiger partial charge < -0.3 is 15.2 Å². The first-order valence-electron chi connectivity index (χ1n) is 8.48. The molecule has 0 amide bonds. The molecule has 1 aliphatic rings. The first-order valence-corrected chi connectivity index (χ1v) is 8.48. The monoisotopic (exact) mass is 333 g/mol. The molecule has 1 fully saturated rings. The van der Waals surface area contributed by atoms with E-state index in [1.807, 2.05) is 26.1 Å². The van der Waals surface area contributed by atoms with E-state index in [0.717, 1.165) is 49.2 Å². The fourth-order valence-corrected chi connectivity index (χ4v) is 3.28. The summed E-state index contributed by atoms with van der Waals surface area (Å²) < 4.78 is 7.40. The smallest absolute Gasteiger partial charge is 0.234 e. The molecule has 2 aromatic rings. The number of rotatable bonds is 6. The zero-order valence-corrected chi connectivity index (χ0v) is 14.7. The summed E-state index contributed by atoms with van der Waals surface area (Å²) in [7, 11) is 0. The summed E-state index contributed by atoms with van der Waals surface area (Å²) in [6, 6.07) is 2.05. The Bertz CT molecular complexity index is 692. The standard InChI is InChI=1S/C17H27N5O2/c1-13-8-14(2)22-15(10-19-16(22)20-13)9-18-11-17(3,23)12-21-4-6-24-7-5-21/h8,10,18,23H,4-7,9,11-12H2,1-3H3. The molecule has 0 saturated carbocycles. The quantitative estimate of drug-likeness (QED) is 0.803. The van der Waals surface area contributed by atoms with E-state index >= 15 is 0 Å². The second kappa shape index (κ2) is 7.14. The molecule has 1 saturated heterocycles. The summed E-state index contributed by atoms with van der Waals surface area (Å²) in [4.78, 5) is 11.1. The normalized spacial score (nSPS) is 18.8. The van der Waals surface area contributed by atoms with E-state index in [1.54, 1.807) is 0 Å². The lowest BCUT2D eigenvalue weighted by Gasteiger charge is -2.34. The lowest BCUT2D eigenvalue weighted by molar-refractivity contribution is -0.0219.